The Morgan fingerprint density at radius 1 is 1.71 bits per heavy atom. The van der Waals surface area contributed by atoms with E-state index in [2.05, 4.69) is 17.0 Å². The van der Waals surface area contributed by atoms with Crippen LogP contribution in [0, 0.1) is 10.1 Å². The molecule has 0 radical (unpaired) electrons. The average molecular weight is 240 g/mol. The molecule has 0 aliphatic rings. The van der Waals surface area contributed by atoms with Crippen LogP contribution in [0.4, 0.5) is 11.5 Å². The number of aromatic nitrogens is 2. The van der Waals surface area contributed by atoms with Crippen LogP contribution in [-0.2, 0) is 11.8 Å². The van der Waals surface area contributed by atoms with Crippen LogP contribution in [0.3, 0.4) is 0 Å². The second-order valence-corrected chi connectivity index (χ2v) is 3.41. The van der Waals surface area contributed by atoms with Crippen molar-refractivity contribution < 1.29 is 9.66 Å². The van der Waals surface area contributed by atoms with Crippen LogP contribution in [0.1, 0.15) is 6.42 Å². The molecule has 0 aliphatic carbocycles. The lowest BCUT2D eigenvalue weighted by Crippen LogP contribution is -2.11. The normalized spacial score (nSPS) is 10.2. The number of ether oxygens (including phenoxy) is 1. The maximum Gasteiger partial charge on any atom is 0.330 e. The number of nitrogens with zero attached hydrogens (tertiary/aromatic N) is 3. The molecule has 1 aromatic heterocycles. The maximum atomic E-state index is 10.7. The van der Waals surface area contributed by atoms with Gasteiger partial charge in [0, 0.05) is 13.6 Å². The molecular weight excluding hydrogens is 224 g/mol. The quantitative estimate of drug-likeness (QED) is 0.321. The van der Waals surface area contributed by atoms with Gasteiger partial charge in [0.05, 0.1) is 18.1 Å². The Balaban J connectivity index is 2.36. The second kappa shape index (κ2) is 6.64. The van der Waals surface area contributed by atoms with Gasteiger partial charge in [0.25, 0.3) is 0 Å². The highest BCUT2D eigenvalue weighted by Crippen LogP contribution is 2.20. The summed E-state index contributed by atoms with van der Waals surface area (Å²) in [4.78, 5) is 10.2. The summed E-state index contributed by atoms with van der Waals surface area (Å²) >= 11 is 0. The molecule has 0 fully saturated rings. The Labute approximate surface area is 99.2 Å². The predicted molar refractivity (Wildman–Crippen MR) is 64.0 cm³/mol. The van der Waals surface area contributed by atoms with Gasteiger partial charge in [-0.2, -0.15) is 0 Å². The Hall–Kier alpha value is -1.89. The third-order valence-corrected chi connectivity index (χ3v) is 2.01. The van der Waals surface area contributed by atoms with Crippen molar-refractivity contribution in [1.82, 2.24) is 9.78 Å². The van der Waals surface area contributed by atoms with Gasteiger partial charge in [0.1, 0.15) is 6.20 Å². The average Bonchev–Trinajstić information content (AvgIpc) is 2.65. The number of nitrogens with one attached hydrogen (secondary N) is 1. The van der Waals surface area contributed by atoms with Crippen molar-refractivity contribution in [1.29, 1.82) is 0 Å². The minimum atomic E-state index is -0.464. The first-order valence-corrected chi connectivity index (χ1v) is 5.25. The van der Waals surface area contributed by atoms with Crippen LogP contribution >= 0.6 is 0 Å². The first kappa shape index (κ1) is 13.2. The van der Waals surface area contributed by atoms with E-state index < -0.39 is 4.92 Å². The molecule has 0 atom stereocenters. The molecule has 0 aliphatic heterocycles. The zero-order chi connectivity index (χ0) is 12.7. The van der Waals surface area contributed by atoms with E-state index in [1.165, 1.54) is 10.9 Å². The van der Waals surface area contributed by atoms with Gasteiger partial charge in [-0.05, 0) is 6.42 Å². The van der Waals surface area contributed by atoms with Gasteiger partial charge in [-0.25, -0.2) is 0 Å². The molecule has 0 saturated carbocycles. The van der Waals surface area contributed by atoms with E-state index in [1.807, 2.05) is 0 Å². The highest BCUT2D eigenvalue weighted by atomic mass is 16.6. The Bertz CT molecular complexity index is 389. The lowest BCUT2D eigenvalue weighted by atomic mass is 10.4. The van der Waals surface area contributed by atoms with E-state index >= 15 is 0 Å². The fraction of sp³-hybridized carbons (Fsp3) is 0.500. The summed E-state index contributed by atoms with van der Waals surface area (Å²) in [6.45, 7) is 5.14. The van der Waals surface area contributed by atoms with Gasteiger partial charge in [-0.1, -0.05) is 6.08 Å². The number of hydrogen-bond acceptors (Lipinski definition) is 5. The van der Waals surface area contributed by atoms with Crippen LogP contribution in [0.15, 0.2) is 18.9 Å². The van der Waals surface area contributed by atoms with Gasteiger partial charge in [0.2, 0.25) is 5.82 Å². The number of nitro groups is 1. The van der Waals surface area contributed by atoms with Gasteiger partial charge in [0.15, 0.2) is 0 Å². The highest BCUT2D eigenvalue weighted by Gasteiger charge is 2.17. The molecule has 0 bridgehead atoms. The van der Waals surface area contributed by atoms with Crippen molar-refractivity contribution in [3.8, 4) is 0 Å². The molecule has 7 heteroatoms. The first-order valence-electron chi connectivity index (χ1n) is 5.25. The minimum Gasteiger partial charge on any atom is -0.379 e. The molecule has 1 rings (SSSR count). The van der Waals surface area contributed by atoms with Crippen LogP contribution in [0.5, 0.6) is 0 Å². The van der Waals surface area contributed by atoms with Gasteiger partial charge in [-0.3, -0.25) is 14.8 Å². The summed E-state index contributed by atoms with van der Waals surface area (Å²) in [5.74, 6) is 0.268. The molecule has 0 unspecified atom stereocenters. The van der Waals surface area contributed by atoms with E-state index in [-0.39, 0.29) is 11.5 Å². The Morgan fingerprint density at radius 3 is 3.12 bits per heavy atom. The predicted octanol–water partition coefficient (Wildman–Crippen LogP) is 1.33. The van der Waals surface area contributed by atoms with Crippen LogP contribution < -0.4 is 5.32 Å². The third-order valence-electron chi connectivity index (χ3n) is 2.01. The first-order chi connectivity index (χ1) is 8.15. The summed E-state index contributed by atoms with van der Waals surface area (Å²) in [7, 11) is 1.64. The molecule has 7 nitrogen and oxygen atoms in total. The monoisotopic (exact) mass is 240 g/mol. The summed E-state index contributed by atoms with van der Waals surface area (Å²) in [6.07, 6.45) is 3.93. The van der Waals surface area contributed by atoms with Crippen molar-refractivity contribution in [3.05, 3.63) is 29.0 Å². The number of hydrogen-bond donors (Lipinski definition) is 1. The highest BCUT2D eigenvalue weighted by molar-refractivity contribution is 5.54. The number of aryl methyl sites for hydroxylation is 1. The third kappa shape index (κ3) is 4.23. The van der Waals surface area contributed by atoms with Gasteiger partial charge >= 0.3 is 5.69 Å². The molecule has 94 valence electrons. The fourth-order valence-electron chi connectivity index (χ4n) is 1.25. The minimum absolute atomic E-state index is 0.0291. The molecular formula is C10H16N4O3. The van der Waals surface area contributed by atoms with E-state index in [0.29, 0.717) is 19.8 Å². The molecule has 0 saturated heterocycles. The van der Waals surface area contributed by atoms with E-state index in [4.69, 9.17) is 4.74 Å². The van der Waals surface area contributed by atoms with E-state index in [0.717, 1.165) is 6.42 Å². The zero-order valence-electron chi connectivity index (χ0n) is 9.76. The van der Waals surface area contributed by atoms with Crippen molar-refractivity contribution >= 4 is 11.5 Å². The lowest BCUT2D eigenvalue weighted by molar-refractivity contribution is -0.384. The zero-order valence-corrected chi connectivity index (χ0v) is 9.76. The molecule has 1 aromatic rings. The van der Waals surface area contributed by atoms with Gasteiger partial charge in [-0.15, -0.1) is 11.7 Å². The lowest BCUT2D eigenvalue weighted by Gasteiger charge is -2.03. The molecule has 0 amide bonds. The topological polar surface area (TPSA) is 82.2 Å². The molecule has 0 aromatic carbocycles. The molecule has 1 N–H and O–H groups in total. The smallest absolute Gasteiger partial charge is 0.330 e. The van der Waals surface area contributed by atoms with E-state index in [1.54, 1.807) is 13.1 Å². The summed E-state index contributed by atoms with van der Waals surface area (Å²) in [6, 6.07) is 0. The van der Waals surface area contributed by atoms with Crippen LogP contribution in [0.25, 0.3) is 0 Å². The number of anilines is 1. The molecule has 17 heavy (non-hydrogen) atoms. The standard InChI is InChI=1S/C10H16N4O3/c1-3-4-6-17-7-5-11-10-9(14(15)16)8-13(2)12-10/h3,8H,1,4-7H2,2H3,(H,11,12). The van der Waals surface area contributed by atoms with Crippen LogP contribution in [-0.4, -0.2) is 34.5 Å². The van der Waals surface area contributed by atoms with Crippen molar-refractivity contribution in [2.24, 2.45) is 7.05 Å². The summed E-state index contributed by atoms with van der Waals surface area (Å²) in [5, 5.41) is 17.5. The van der Waals surface area contributed by atoms with E-state index in [9.17, 15) is 10.1 Å². The maximum absolute atomic E-state index is 10.7. The summed E-state index contributed by atoms with van der Waals surface area (Å²) in [5.41, 5.74) is -0.0291. The number of rotatable bonds is 8. The Kier molecular flexibility index (Phi) is 5.15. The molecule has 0 spiro atoms. The molecule has 1 heterocycles. The van der Waals surface area contributed by atoms with Crippen molar-refractivity contribution in [3.63, 3.8) is 0 Å². The SMILES string of the molecule is C=CCCOCCNc1nn(C)cc1[N+](=O)[O-]. The van der Waals surface area contributed by atoms with Crippen molar-refractivity contribution in [2.45, 2.75) is 6.42 Å². The Morgan fingerprint density at radius 2 is 2.47 bits per heavy atom. The summed E-state index contributed by atoms with van der Waals surface area (Å²) < 4.78 is 6.67. The fourth-order valence-corrected chi connectivity index (χ4v) is 1.25. The van der Waals surface area contributed by atoms with Crippen LogP contribution in [0.2, 0.25) is 0 Å². The largest absolute Gasteiger partial charge is 0.379 e. The van der Waals surface area contributed by atoms with Gasteiger partial charge < -0.3 is 10.1 Å². The second-order valence-electron chi connectivity index (χ2n) is 3.41. The van der Waals surface area contributed by atoms with Crippen molar-refractivity contribution in [2.75, 3.05) is 25.1 Å².